The molecule has 23 heavy (non-hydrogen) atoms. The second kappa shape index (κ2) is 11.6. The van der Waals surface area contributed by atoms with Gasteiger partial charge in [0, 0.05) is 13.1 Å². The fourth-order valence-electron chi connectivity index (χ4n) is 1.90. The quantitative estimate of drug-likeness (QED) is 0.178. The van der Waals surface area contributed by atoms with Crippen molar-refractivity contribution in [3.8, 4) is 0 Å². The van der Waals surface area contributed by atoms with Crippen molar-refractivity contribution in [1.82, 2.24) is 4.90 Å². The first-order valence-electron chi connectivity index (χ1n) is 6.69. The Morgan fingerprint density at radius 2 is 1.57 bits per heavy atom. The van der Waals surface area contributed by atoms with E-state index in [1.165, 1.54) is 4.90 Å². The Kier molecular flexibility index (Phi) is 11.7. The number of thiocarbonyl (C=S) groups is 1. The van der Waals surface area contributed by atoms with Gasteiger partial charge in [0.25, 0.3) is 0 Å². The van der Waals surface area contributed by atoms with Gasteiger partial charge in [-0.3, -0.25) is 0 Å². The molecule has 1 rings (SSSR count). The van der Waals surface area contributed by atoms with Crippen molar-refractivity contribution >= 4 is 29.2 Å². The van der Waals surface area contributed by atoms with Gasteiger partial charge in [-0.1, -0.05) is 34.7 Å². The molecule has 0 fully saturated rings. The molecule has 4 unspecified atom stereocenters. The zero-order chi connectivity index (χ0) is 16.7. The smallest absolute Gasteiger partial charge is 0.411 e. The molecule has 0 amide bonds. The summed E-state index contributed by atoms with van der Waals surface area (Å²) in [7, 11) is 0. The summed E-state index contributed by atoms with van der Waals surface area (Å²) in [5.41, 5.74) is 0.923. The van der Waals surface area contributed by atoms with Gasteiger partial charge in [0.1, 0.15) is 18.3 Å². The number of nitrogens with zero attached hydrogens (tertiary/aromatic N) is 1. The Labute approximate surface area is 168 Å². The van der Waals surface area contributed by atoms with Gasteiger partial charge in [0.15, 0.2) is 0 Å². The summed E-state index contributed by atoms with van der Waals surface area (Å²) in [6.07, 6.45) is -6.23. The normalized spacial score (nSPS) is 15.9. The number of aliphatic hydroxyl groups is 5. The summed E-state index contributed by atoms with van der Waals surface area (Å²) in [5, 5.41) is 47.4. The first kappa shape index (κ1) is 23.1. The van der Waals surface area contributed by atoms with Gasteiger partial charge in [-0.15, -0.1) is 0 Å². The maximum Gasteiger partial charge on any atom is 1.00 e. The van der Waals surface area contributed by atoms with E-state index in [0.717, 1.165) is 5.56 Å². The predicted molar refractivity (Wildman–Crippen MR) is 87.9 cm³/mol. The van der Waals surface area contributed by atoms with E-state index >= 15 is 0 Å². The average Bonchev–Trinajstić information content (AvgIpc) is 2.52. The van der Waals surface area contributed by atoms with Crippen LogP contribution in [0.1, 0.15) is 5.56 Å². The van der Waals surface area contributed by atoms with Crippen LogP contribution in [0.4, 0.5) is 0 Å². The molecule has 1 aromatic carbocycles. The van der Waals surface area contributed by atoms with Crippen molar-refractivity contribution in [2.75, 3.05) is 13.2 Å². The van der Waals surface area contributed by atoms with E-state index in [9.17, 15) is 20.4 Å². The van der Waals surface area contributed by atoms with Crippen LogP contribution >= 0.6 is 12.2 Å². The molecule has 6 nitrogen and oxygen atoms in total. The second-order valence-corrected chi connectivity index (χ2v) is 5.96. The molecule has 0 radical (unpaired) electrons. The van der Waals surface area contributed by atoms with E-state index in [1.54, 1.807) is 0 Å². The Hall–Kier alpha value is 0.130. The third-order valence-electron chi connectivity index (χ3n) is 3.21. The van der Waals surface area contributed by atoms with E-state index in [0.29, 0.717) is 6.54 Å². The molecule has 0 aliphatic heterocycles. The Morgan fingerprint density at radius 1 is 1.04 bits per heavy atom. The number of aliphatic hydroxyl groups excluding tert-OH is 5. The molecule has 0 bridgehead atoms. The zero-order valence-electron chi connectivity index (χ0n) is 12.8. The molecule has 1 aromatic rings. The molecule has 0 aliphatic carbocycles. The van der Waals surface area contributed by atoms with Gasteiger partial charge in [0.2, 0.25) is 0 Å². The molecule has 9 heteroatoms. The van der Waals surface area contributed by atoms with Crippen LogP contribution < -0.4 is 29.6 Å². The molecule has 4 atom stereocenters. The second-order valence-electron chi connectivity index (χ2n) is 4.93. The summed E-state index contributed by atoms with van der Waals surface area (Å²) in [6, 6.07) is 9.31. The van der Waals surface area contributed by atoms with Crippen molar-refractivity contribution in [3.63, 3.8) is 0 Å². The standard InChI is InChI=1S/C14H21NO5S2.Na/c16-8-11(18)13(20)12(19)10(17)7-15(14(21)22)6-9-4-2-1-3-5-9;/h1-5,10-13,16-20H,6-8H2,(H,21,22);/q;+1/p-1. The van der Waals surface area contributed by atoms with Crippen molar-refractivity contribution in [2.24, 2.45) is 0 Å². The first-order valence-corrected chi connectivity index (χ1v) is 7.51. The van der Waals surface area contributed by atoms with Crippen molar-refractivity contribution in [2.45, 2.75) is 31.0 Å². The minimum absolute atomic E-state index is 0. The van der Waals surface area contributed by atoms with Crippen LogP contribution in [0.5, 0.6) is 0 Å². The molecule has 0 aliphatic rings. The van der Waals surface area contributed by atoms with E-state index < -0.39 is 31.0 Å². The van der Waals surface area contributed by atoms with Crippen LogP contribution in [-0.2, 0) is 19.2 Å². The van der Waals surface area contributed by atoms with Gasteiger partial charge in [-0.05, 0) is 5.56 Å². The maximum atomic E-state index is 9.98. The van der Waals surface area contributed by atoms with Gasteiger partial charge in [-0.2, -0.15) is 0 Å². The summed E-state index contributed by atoms with van der Waals surface area (Å²) in [4.78, 5) is 1.51. The fraction of sp³-hybridized carbons (Fsp3) is 0.500. The van der Waals surface area contributed by atoms with Crippen LogP contribution in [0.15, 0.2) is 30.3 Å². The summed E-state index contributed by atoms with van der Waals surface area (Å²) < 4.78 is 0.118. The minimum Gasteiger partial charge on any atom is -0.411 e. The Balaban J connectivity index is 0.00000484. The number of hydrogen-bond donors (Lipinski definition) is 5. The minimum atomic E-state index is -1.67. The van der Waals surface area contributed by atoms with Crippen molar-refractivity contribution in [3.05, 3.63) is 35.9 Å². The van der Waals surface area contributed by atoms with Gasteiger partial charge in [-0.25, -0.2) is 0 Å². The molecular formula is C14H20NNaO5S2. The number of benzene rings is 1. The Bertz CT molecular complexity index is 468. The summed E-state index contributed by atoms with van der Waals surface area (Å²) in [6.45, 7) is -0.475. The third-order valence-corrected chi connectivity index (χ3v) is 3.72. The summed E-state index contributed by atoms with van der Waals surface area (Å²) in [5.74, 6) is 0. The van der Waals surface area contributed by atoms with Crippen molar-refractivity contribution < 1.29 is 55.1 Å². The third kappa shape index (κ3) is 7.70. The van der Waals surface area contributed by atoms with Crippen LogP contribution in [0.3, 0.4) is 0 Å². The molecule has 0 saturated carbocycles. The topological polar surface area (TPSA) is 104 Å². The Morgan fingerprint density at radius 3 is 2.04 bits per heavy atom. The number of rotatable bonds is 8. The van der Waals surface area contributed by atoms with Crippen molar-refractivity contribution in [1.29, 1.82) is 0 Å². The SMILES string of the molecule is OCC(O)C(O)C(O)C(O)CN(Cc1ccccc1)C(=S)[S-].[Na+]. The molecule has 5 N–H and O–H groups in total. The van der Waals surface area contributed by atoms with Crippen LogP contribution in [0.25, 0.3) is 0 Å². The molecule has 0 saturated heterocycles. The zero-order valence-corrected chi connectivity index (χ0v) is 16.5. The maximum absolute atomic E-state index is 9.98. The molecule has 0 heterocycles. The first-order chi connectivity index (χ1) is 10.4. The molecular weight excluding hydrogens is 349 g/mol. The molecule has 124 valence electrons. The van der Waals surface area contributed by atoms with Gasteiger partial charge in [0.05, 0.1) is 12.7 Å². The van der Waals surface area contributed by atoms with Crippen LogP contribution in [0.2, 0.25) is 0 Å². The predicted octanol–water partition coefficient (Wildman–Crippen LogP) is -4.24. The average molecular weight is 369 g/mol. The molecule has 0 spiro atoms. The monoisotopic (exact) mass is 369 g/mol. The van der Waals surface area contributed by atoms with E-state index in [4.69, 9.17) is 30.0 Å². The number of hydrogen-bond acceptors (Lipinski definition) is 7. The van der Waals surface area contributed by atoms with Crippen LogP contribution in [0, 0.1) is 0 Å². The van der Waals surface area contributed by atoms with E-state index in [2.05, 4.69) is 0 Å². The van der Waals surface area contributed by atoms with E-state index in [-0.39, 0.29) is 40.4 Å². The van der Waals surface area contributed by atoms with Gasteiger partial charge >= 0.3 is 29.6 Å². The summed E-state index contributed by atoms with van der Waals surface area (Å²) >= 11 is 9.91. The largest absolute Gasteiger partial charge is 1.00 e. The fourth-order valence-corrected chi connectivity index (χ4v) is 2.18. The van der Waals surface area contributed by atoms with Crippen LogP contribution in [-0.4, -0.2) is 72.3 Å². The van der Waals surface area contributed by atoms with Gasteiger partial charge < -0.3 is 55.3 Å². The van der Waals surface area contributed by atoms with E-state index in [1.807, 2.05) is 30.3 Å². The molecule has 0 aromatic heterocycles.